The highest BCUT2D eigenvalue weighted by atomic mass is 15.1. The highest BCUT2D eigenvalue weighted by Gasteiger charge is 2.28. The molecule has 0 saturated carbocycles. The zero-order chi connectivity index (χ0) is 39.8. The van der Waals surface area contributed by atoms with Crippen molar-refractivity contribution in [3.05, 3.63) is 247 Å². The van der Waals surface area contributed by atoms with Crippen LogP contribution in [0.15, 0.2) is 231 Å². The van der Waals surface area contributed by atoms with E-state index in [-0.39, 0.29) is 5.92 Å². The van der Waals surface area contributed by atoms with Crippen LogP contribution in [0.3, 0.4) is 0 Å². The summed E-state index contributed by atoms with van der Waals surface area (Å²) in [6.45, 7) is 0. The van der Waals surface area contributed by atoms with Crippen molar-refractivity contribution >= 4 is 44.8 Å². The molecule has 1 unspecified atom stereocenters. The van der Waals surface area contributed by atoms with Crippen LogP contribution in [0.5, 0.6) is 0 Å². The van der Waals surface area contributed by atoms with Crippen LogP contribution in [-0.4, -0.2) is 4.57 Å². The molecule has 0 radical (unpaired) electrons. The zero-order valence-electron chi connectivity index (χ0n) is 33.2. The van der Waals surface area contributed by atoms with Crippen molar-refractivity contribution in [3.8, 4) is 39.1 Å². The first kappa shape index (κ1) is 35.5. The first-order valence-electron chi connectivity index (χ1n) is 20.9. The Labute approximate surface area is 351 Å². The largest absolute Gasteiger partial charge is 0.310 e. The van der Waals surface area contributed by atoms with Gasteiger partial charge in [0.1, 0.15) is 0 Å². The fraction of sp³-hybridized carbons (Fsp3) is 0.0345. The third-order valence-corrected chi connectivity index (χ3v) is 12.1. The molecule has 1 heterocycles. The molecule has 1 aromatic heterocycles. The fourth-order valence-electron chi connectivity index (χ4n) is 9.27. The molecule has 9 aromatic carbocycles. The number of rotatable bonds is 8. The molecule has 1 aliphatic carbocycles. The van der Waals surface area contributed by atoms with Gasteiger partial charge in [0.2, 0.25) is 0 Å². The van der Waals surface area contributed by atoms with E-state index >= 15 is 0 Å². The number of hydrogen-bond acceptors (Lipinski definition) is 1. The highest BCUT2D eigenvalue weighted by molar-refractivity contribution is 5.93. The molecule has 2 heteroatoms. The van der Waals surface area contributed by atoms with Gasteiger partial charge in [-0.3, -0.25) is 0 Å². The molecule has 0 spiro atoms. The monoisotopic (exact) mass is 766 g/mol. The minimum atomic E-state index is 0.192. The Morgan fingerprint density at radius 3 is 1.90 bits per heavy atom. The van der Waals surface area contributed by atoms with E-state index in [0.29, 0.717) is 0 Å². The van der Waals surface area contributed by atoms with Gasteiger partial charge in [0.05, 0.1) is 16.9 Å². The Kier molecular flexibility index (Phi) is 9.02. The summed E-state index contributed by atoms with van der Waals surface area (Å²) in [7, 11) is 0. The van der Waals surface area contributed by atoms with Crippen LogP contribution in [0, 0.1) is 0 Å². The van der Waals surface area contributed by atoms with E-state index in [1.165, 1.54) is 77.6 Å². The number of para-hydroxylation sites is 3. The molecule has 10 aromatic rings. The summed E-state index contributed by atoms with van der Waals surface area (Å²) < 4.78 is 2.43. The molecule has 0 N–H and O–H groups in total. The molecular weight excluding hydrogens is 725 g/mol. The molecule has 11 rings (SSSR count). The fourth-order valence-corrected chi connectivity index (χ4v) is 9.27. The Bertz CT molecular complexity index is 3160. The van der Waals surface area contributed by atoms with E-state index in [9.17, 15) is 0 Å². The second-order valence-electron chi connectivity index (χ2n) is 15.7. The Morgan fingerprint density at radius 1 is 0.433 bits per heavy atom. The summed E-state index contributed by atoms with van der Waals surface area (Å²) >= 11 is 0. The van der Waals surface area contributed by atoms with Gasteiger partial charge in [-0.05, 0) is 117 Å². The van der Waals surface area contributed by atoms with Crippen LogP contribution < -0.4 is 4.90 Å². The minimum absolute atomic E-state index is 0.192. The van der Waals surface area contributed by atoms with Gasteiger partial charge in [-0.15, -0.1) is 0 Å². The normalized spacial score (nSPS) is 13.4. The first-order chi connectivity index (χ1) is 29.8. The van der Waals surface area contributed by atoms with Crippen molar-refractivity contribution in [3.63, 3.8) is 0 Å². The molecule has 284 valence electrons. The first-order valence-corrected chi connectivity index (χ1v) is 20.9. The maximum Gasteiger partial charge on any atom is 0.0540 e. The number of nitrogens with zero attached hydrogens (tertiary/aromatic N) is 2. The Morgan fingerprint density at radius 2 is 1.07 bits per heavy atom. The van der Waals surface area contributed by atoms with Crippen LogP contribution in [-0.2, 0) is 0 Å². The maximum absolute atomic E-state index is 2.45. The average Bonchev–Trinajstić information content (AvgIpc) is 3.67. The van der Waals surface area contributed by atoms with Crippen LogP contribution in [0.1, 0.15) is 29.2 Å². The van der Waals surface area contributed by atoms with Gasteiger partial charge in [-0.25, -0.2) is 0 Å². The average molecular weight is 767 g/mol. The smallest absolute Gasteiger partial charge is 0.0540 e. The van der Waals surface area contributed by atoms with E-state index in [1.807, 2.05) is 0 Å². The summed E-state index contributed by atoms with van der Waals surface area (Å²) in [5.41, 5.74) is 16.9. The molecule has 1 atom stereocenters. The zero-order valence-corrected chi connectivity index (χ0v) is 33.2. The van der Waals surface area contributed by atoms with Gasteiger partial charge in [-0.2, -0.15) is 0 Å². The van der Waals surface area contributed by atoms with Crippen molar-refractivity contribution in [1.82, 2.24) is 4.57 Å². The van der Waals surface area contributed by atoms with Gasteiger partial charge < -0.3 is 9.47 Å². The number of hydrogen-bond donors (Lipinski definition) is 0. The number of benzene rings is 9. The SMILES string of the molecule is C1=Cc2c(c3ccccc3n2-c2ccccc2)C(c2cccc(N(c3ccc(-c4ccc5ccccc5c4)cc3)c3ccccc3-c3ccc(-c4ccccc4)cc3)c2)C1. The Hall–Kier alpha value is -7.68. The van der Waals surface area contributed by atoms with Crippen LogP contribution in [0.4, 0.5) is 17.1 Å². The molecule has 0 aliphatic heterocycles. The van der Waals surface area contributed by atoms with E-state index < -0.39 is 0 Å². The quantitative estimate of drug-likeness (QED) is 0.150. The summed E-state index contributed by atoms with van der Waals surface area (Å²) in [4.78, 5) is 2.45. The second kappa shape index (κ2) is 15.2. The van der Waals surface area contributed by atoms with Gasteiger partial charge in [0.25, 0.3) is 0 Å². The number of aromatic nitrogens is 1. The third kappa shape index (κ3) is 6.40. The van der Waals surface area contributed by atoms with Crippen LogP contribution in [0.2, 0.25) is 0 Å². The topological polar surface area (TPSA) is 8.17 Å². The molecule has 60 heavy (non-hydrogen) atoms. The van der Waals surface area contributed by atoms with Crippen molar-refractivity contribution in [1.29, 1.82) is 0 Å². The molecule has 0 amide bonds. The lowest BCUT2D eigenvalue weighted by atomic mass is 9.83. The summed E-state index contributed by atoms with van der Waals surface area (Å²) in [5.74, 6) is 0.192. The standard InChI is InChI=1S/C58H42N2/c1-3-15-41(16-4-1)43-29-32-45(33-30-43)52-23-9-11-26-55(52)59(50-37-35-44(36-38-50)47-34-31-42-17-7-8-18-46(42)39-47)51-22-13-19-48(40-51)53-25-14-28-57-58(53)54-24-10-12-27-56(54)60(57)49-20-5-2-6-21-49/h1-24,26-40,53H,25H2. The van der Waals surface area contributed by atoms with Crippen molar-refractivity contribution in [2.75, 3.05) is 4.90 Å². The highest BCUT2D eigenvalue weighted by Crippen LogP contribution is 2.46. The molecule has 2 nitrogen and oxygen atoms in total. The van der Waals surface area contributed by atoms with Gasteiger partial charge in [0, 0.05) is 33.9 Å². The number of anilines is 3. The molecule has 1 aliphatic rings. The summed E-state index contributed by atoms with van der Waals surface area (Å²) in [6, 6.07) is 81.8. The number of fused-ring (bicyclic) bond motifs is 4. The van der Waals surface area contributed by atoms with E-state index in [2.05, 4.69) is 246 Å². The van der Waals surface area contributed by atoms with Crippen molar-refractivity contribution in [2.45, 2.75) is 12.3 Å². The van der Waals surface area contributed by atoms with Crippen molar-refractivity contribution in [2.24, 2.45) is 0 Å². The Balaban J connectivity index is 1.04. The summed E-state index contributed by atoms with van der Waals surface area (Å²) in [5, 5.41) is 3.81. The molecule has 0 fully saturated rings. The van der Waals surface area contributed by atoms with Gasteiger partial charge in [0.15, 0.2) is 0 Å². The second-order valence-corrected chi connectivity index (χ2v) is 15.7. The molecular formula is C58H42N2. The van der Waals surface area contributed by atoms with E-state index in [1.54, 1.807) is 0 Å². The molecule has 0 saturated heterocycles. The van der Waals surface area contributed by atoms with E-state index in [4.69, 9.17) is 0 Å². The van der Waals surface area contributed by atoms with E-state index in [0.717, 1.165) is 23.5 Å². The minimum Gasteiger partial charge on any atom is -0.310 e. The molecule has 0 bridgehead atoms. The predicted octanol–water partition coefficient (Wildman–Crippen LogP) is 15.8. The predicted molar refractivity (Wildman–Crippen MR) is 254 cm³/mol. The lowest BCUT2D eigenvalue weighted by Crippen LogP contribution is -2.13. The van der Waals surface area contributed by atoms with Crippen molar-refractivity contribution < 1.29 is 0 Å². The van der Waals surface area contributed by atoms with Gasteiger partial charge in [-0.1, -0.05) is 176 Å². The van der Waals surface area contributed by atoms with Crippen LogP contribution >= 0.6 is 0 Å². The maximum atomic E-state index is 2.45. The van der Waals surface area contributed by atoms with Gasteiger partial charge >= 0.3 is 0 Å². The number of allylic oxidation sites excluding steroid dienone is 1. The third-order valence-electron chi connectivity index (χ3n) is 12.1. The summed E-state index contributed by atoms with van der Waals surface area (Å²) in [6.07, 6.45) is 5.62. The lowest BCUT2D eigenvalue weighted by molar-refractivity contribution is 0.819. The van der Waals surface area contributed by atoms with Crippen LogP contribution in [0.25, 0.3) is 66.8 Å². The lowest BCUT2D eigenvalue weighted by Gasteiger charge is -2.29.